The molecular weight excluding hydrogens is 240 g/mol. The summed E-state index contributed by atoms with van der Waals surface area (Å²) in [6.07, 6.45) is 2.35. The number of nitrogens with one attached hydrogen (secondary N) is 2. The highest BCUT2D eigenvalue weighted by Crippen LogP contribution is 2.18. The molecule has 0 aliphatic carbocycles. The molecule has 1 saturated heterocycles. The second-order valence-electron chi connectivity index (χ2n) is 4.64. The summed E-state index contributed by atoms with van der Waals surface area (Å²) in [5, 5.41) is 5.44. The average molecular weight is 262 g/mol. The van der Waals surface area contributed by atoms with Crippen LogP contribution in [0.15, 0.2) is 0 Å². The normalized spacial score (nSPS) is 24.5. The second kappa shape index (κ2) is 6.35. The van der Waals surface area contributed by atoms with Crippen molar-refractivity contribution in [3.63, 3.8) is 0 Å². The molecule has 0 aromatic heterocycles. The minimum atomic E-state index is -2.91. The molecular formula is C11H22N2O3S. The van der Waals surface area contributed by atoms with Crippen LogP contribution in [0.25, 0.3) is 0 Å². The Kier molecular flexibility index (Phi) is 5.39. The molecule has 0 saturated carbocycles. The predicted octanol–water partition coefficient (Wildman–Crippen LogP) is 0.0679. The average Bonchev–Trinajstić information content (AvgIpc) is 2.58. The van der Waals surface area contributed by atoms with Gasteiger partial charge in [-0.3, -0.25) is 4.79 Å². The Morgan fingerprint density at radius 2 is 2.18 bits per heavy atom. The van der Waals surface area contributed by atoms with Crippen molar-refractivity contribution in [2.75, 3.05) is 18.8 Å². The van der Waals surface area contributed by atoms with Gasteiger partial charge in [0.2, 0.25) is 5.91 Å². The summed E-state index contributed by atoms with van der Waals surface area (Å²) < 4.78 is 23.0. The van der Waals surface area contributed by atoms with E-state index in [2.05, 4.69) is 10.6 Å². The Hall–Kier alpha value is -0.620. The van der Waals surface area contributed by atoms with Crippen LogP contribution in [0.1, 0.15) is 33.1 Å². The van der Waals surface area contributed by atoms with Crippen LogP contribution in [0.3, 0.4) is 0 Å². The summed E-state index contributed by atoms with van der Waals surface area (Å²) in [7, 11) is -2.91. The van der Waals surface area contributed by atoms with Crippen LogP contribution < -0.4 is 10.6 Å². The third-order valence-corrected chi connectivity index (χ3v) is 5.42. The molecule has 17 heavy (non-hydrogen) atoms. The summed E-state index contributed by atoms with van der Waals surface area (Å²) in [6, 6.07) is 0.166. The fraction of sp³-hybridized carbons (Fsp3) is 0.909. The van der Waals surface area contributed by atoms with Crippen LogP contribution in [-0.4, -0.2) is 44.5 Å². The zero-order valence-electron chi connectivity index (χ0n) is 10.5. The van der Waals surface area contributed by atoms with Crippen molar-refractivity contribution in [2.45, 2.75) is 44.4 Å². The quantitative estimate of drug-likeness (QED) is 0.710. The van der Waals surface area contributed by atoms with Crippen LogP contribution in [0.4, 0.5) is 0 Å². The number of carbonyl (C=O) groups is 1. The first-order chi connectivity index (χ1) is 7.95. The van der Waals surface area contributed by atoms with E-state index >= 15 is 0 Å². The molecule has 1 fully saturated rings. The maximum absolute atomic E-state index is 11.5. The Morgan fingerprint density at radius 3 is 2.71 bits per heavy atom. The lowest BCUT2D eigenvalue weighted by Gasteiger charge is -2.13. The van der Waals surface area contributed by atoms with Gasteiger partial charge in [0.15, 0.2) is 9.84 Å². The van der Waals surface area contributed by atoms with E-state index in [1.165, 1.54) is 0 Å². The van der Waals surface area contributed by atoms with Gasteiger partial charge in [0.1, 0.15) is 0 Å². The van der Waals surface area contributed by atoms with Gasteiger partial charge in [-0.1, -0.05) is 6.92 Å². The molecule has 1 amide bonds. The van der Waals surface area contributed by atoms with Crippen LogP contribution in [-0.2, 0) is 14.6 Å². The zero-order valence-corrected chi connectivity index (χ0v) is 11.3. The SMILES string of the molecule is CCC(C)NC(=O)CNCC1CCCS1(=O)=O. The van der Waals surface area contributed by atoms with E-state index in [-0.39, 0.29) is 23.7 Å². The first-order valence-electron chi connectivity index (χ1n) is 6.17. The summed E-state index contributed by atoms with van der Waals surface area (Å²) >= 11 is 0. The molecule has 6 heteroatoms. The Bertz CT molecular complexity index is 354. The maximum Gasteiger partial charge on any atom is 0.234 e. The first kappa shape index (κ1) is 14.4. The second-order valence-corrected chi connectivity index (χ2v) is 7.04. The van der Waals surface area contributed by atoms with Crippen LogP contribution >= 0.6 is 0 Å². The monoisotopic (exact) mass is 262 g/mol. The Balaban J connectivity index is 2.22. The number of carbonyl (C=O) groups excluding carboxylic acids is 1. The molecule has 0 bridgehead atoms. The van der Waals surface area contributed by atoms with E-state index in [9.17, 15) is 13.2 Å². The number of rotatable bonds is 6. The molecule has 0 spiro atoms. The van der Waals surface area contributed by atoms with Crippen molar-refractivity contribution in [3.8, 4) is 0 Å². The summed E-state index contributed by atoms with van der Waals surface area (Å²) in [6.45, 7) is 4.52. The summed E-state index contributed by atoms with van der Waals surface area (Å²) in [5.74, 6) is 0.216. The van der Waals surface area contributed by atoms with E-state index in [0.717, 1.165) is 12.8 Å². The molecule has 2 unspecified atom stereocenters. The molecule has 0 radical (unpaired) electrons. The minimum absolute atomic E-state index is 0.0743. The van der Waals surface area contributed by atoms with Crippen LogP contribution in [0.5, 0.6) is 0 Å². The molecule has 2 atom stereocenters. The molecule has 1 aliphatic heterocycles. The van der Waals surface area contributed by atoms with E-state index < -0.39 is 9.84 Å². The number of hydrogen-bond donors (Lipinski definition) is 2. The molecule has 0 aromatic rings. The third kappa shape index (κ3) is 4.63. The molecule has 1 rings (SSSR count). The van der Waals surface area contributed by atoms with Crippen molar-refractivity contribution in [2.24, 2.45) is 0 Å². The van der Waals surface area contributed by atoms with Gasteiger partial charge in [0.05, 0.1) is 17.5 Å². The van der Waals surface area contributed by atoms with Gasteiger partial charge in [-0.2, -0.15) is 0 Å². The largest absolute Gasteiger partial charge is 0.353 e. The van der Waals surface area contributed by atoms with E-state index in [1.54, 1.807) is 0 Å². The van der Waals surface area contributed by atoms with Crippen molar-refractivity contribution < 1.29 is 13.2 Å². The van der Waals surface area contributed by atoms with Crippen molar-refractivity contribution in [1.29, 1.82) is 0 Å². The van der Waals surface area contributed by atoms with Crippen LogP contribution in [0, 0.1) is 0 Å². The molecule has 100 valence electrons. The van der Waals surface area contributed by atoms with Crippen molar-refractivity contribution in [3.05, 3.63) is 0 Å². The minimum Gasteiger partial charge on any atom is -0.353 e. The van der Waals surface area contributed by atoms with Gasteiger partial charge in [-0.25, -0.2) is 8.42 Å². The molecule has 2 N–H and O–H groups in total. The number of amides is 1. The highest BCUT2D eigenvalue weighted by Gasteiger charge is 2.30. The van der Waals surface area contributed by atoms with Crippen molar-refractivity contribution in [1.82, 2.24) is 10.6 Å². The van der Waals surface area contributed by atoms with Gasteiger partial charge in [-0.05, 0) is 26.2 Å². The standard InChI is InChI=1S/C11H22N2O3S/c1-3-9(2)13-11(14)8-12-7-10-5-4-6-17(10,15)16/h9-10,12H,3-8H2,1-2H3,(H,13,14). The Morgan fingerprint density at radius 1 is 1.47 bits per heavy atom. The molecule has 5 nitrogen and oxygen atoms in total. The van der Waals surface area contributed by atoms with E-state index in [4.69, 9.17) is 0 Å². The topological polar surface area (TPSA) is 75.3 Å². The molecule has 1 aliphatic rings. The highest BCUT2D eigenvalue weighted by atomic mass is 32.2. The van der Waals surface area contributed by atoms with Gasteiger partial charge in [0, 0.05) is 12.6 Å². The zero-order chi connectivity index (χ0) is 12.9. The molecule has 0 aromatic carbocycles. The van der Waals surface area contributed by atoms with E-state index in [1.807, 2.05) is 13.8 Å². The van der Waals surface area contributed by atoms with Gasteiger partial charge in [0.25, 0.3) is 0 Å². The van der Waals surface area contributed by atoms with Crippen LogP contribution in [0.2, 0.25) is 0 Å². The van der Waals surface area contributed by atoms with E-state index in [0.29, 0.717) is 18.7 Å². The van der Waals surface area contributed by atoms with Gasteiger partial charge >= 0.3 is 0 Å². The van der Waals surface area contributed by atoms with Gasteiger partial charge < -0.3 is 10.6 Å². The number of sulfone groups is 1. The van der Waals surface area contributed by atoms with Crippen molar-refractivity contribution >= 4 is 15.7 Å². The lowest BCUT2D eigenvalue weighted by Crippen LogP contribution is -2.41. The smallest absolute Gasteiger partial charge is 0.234 e. The fourth-order valence-corrected chi connectivity index (χ4v) is 3.66. The fourth-order valence-electron chi connectivity index (χ4n) is 1.86. The number of hydrogen-bond acceptors (Lipinski definition) is 4. The summed E-state index contributed by atoms with van der Waals surface area (Å²) in [5.41, 5.74) is 0. The predicted molar refractivity (Wildman–Crippen MR) is 67.6 cm³/mol. The third-order valence-electron chi connectivity index (χ3n) is 3.14. The maximum atomic E-state index is 11.5. The molecule has 1 heterocycles. The summed E-state index contributed by atoms with van der Waals surface area (Å²) in [4.78, 5) is 11.4. The lowest BCUT2D eigenvalue weighted by atomic mass is 10.2. The first-order valence-corrected chi connectivity index (χ1v) is 7.89. The Labute approximate surface area is 103 Å². The highest BCUT2D eigenvalue weighted by molar-refractivity contribution is 7.92. The van der Waals surface area contributed by atoms with Gasteiger partial charge in [-0.15, -0.1) is 0 Å². The lowest BCUT2D eigenvalue weighted by molar-refractivity contribution is -0.120.